The fourth-order valence-electron chi connectivity index (χ4n) is 6.14. The summed E-state index contributed by atoms with van der Waals surface area (Å²) in [7, 11) is -0.861. The van der Waals surface area contributed by atoms with E-state index in [0.29, 0.717) is 0 Å². The number of nitrogens with zero attached hydrogens (tertiary/aromatic N) is 2. The van der Waals surface area contributed by atoms with E-state index in [9.17, 15) is 0 Å². The minimum absolute atomic E-state index is 0. The Balaban J connectivity index is 0.000000182. The van der Waals surface area contributed by atoms with Crippen molar-refractivity contribution in [1.29, 1.82) is 0 Å². The first-order valence-electron chi connectivity index (χ1n) is 18.3. The zero-order chi connectivity index (χ0) is 36.9. The van der Waals surface area contributed by atoms with Gasteiger partial charge in [0, 0.05) is 0 Å². The van der Waals surface area contributed by atoms with E-state index in [1.807, 2.05) is 60.7 Å². The van der Waals surface area contributed by atoms with Crippen LogP contribution in [0.1, 0.15) is 22.3 Å². The van der Waals surface area contributed by atoms with Gasteiger partial charge >= 0.3 is 36.9 Å². The molecule has 2 aliphatic rings. The van der Waals surface area contributed by atoms with E-state index < -0.39 is 8.07 Å². The van der Waals surface area contributed by atoms with Gasteiger partial charge in [-0.3, -0.25) is 0 Å². The quantitative estimate of drug-likeness (QED) is 0.108. The zero-order valence-corrected chi connectivity index (χ0v) is 33.8. The van der Waals surface area contributed by atoms with E-state index >= 15 is 0 Å². The Morgan fingerprint density at radius 1 is 0.352 bits per heavy atom. The fourth-order valence-corrected chi connectivity index (χ4v) is 6.14. The second kappa shape index (κ2) is 20.1. The second-order valence-electron chi connectivity index (χ2n) is 14.3. The van der Waals surface area contributed by atoms with Gasteiger partial charge < -0.3 is 17.2 Å². The molecule has 0 aliphatic heterocycles. The summed E-state index contributed by atoms with van der Waals surface area (Å²) < 4.78 is 0. The van der Waals surface area contributed by atoms with Crippen LogP contribution in [0.2, 0.25) is 19.6 Å². The second-order valence-corrected chi connectivity index (χ2v) is 19.4. The van der Waals surface area contributed by atoms with Crippen molar-refractivity contribution in [3.05, 3.63) is 246 Å². The monoisotopic (exact) mass is 878 g/mol. The molecule has 0 atom stereocenters. The van der Waals surface area contributed by atoms with Gasteiger partial charge in [0.2, 0.25) is 0 Å². The van der Waals surface area contributed by atoms with E-state index in [-0.39, 0.29) is 49.0 Å². The van der Waals surface area contributed by atoms with Crippen LogP contribution in [0.15, 0.2) is 206 Å². The molecule has 6 aromatic rings. The van der Waals surface area contributed by atoms with Crippen molar-refractivity contribution in [1.82, 2.24) is 0 Å². The third-order valence-corrected chi connectivity index (χ3v) is 8.38. The summed E-state index contributed by atoms with van der Waals surface area (Å²) in [5.41, 5.74) is 12.0. The van der Waals surface area contributed by atoms with Gasteiger partial charge in [0.1, 0.15) is 0 Å². The minimum atomic E-state index is -0.861. The summed E-state index contributed by atoms with van der Waals surface area (Å²) in [5.74, 6) is 0. The molecule has 2 aliphatic carbocycles. The van der Waals surface area contributed by atoms with Crippen LogP contribution in [0, 0.1) is 43.4 Å². The Morgan fingerprint density at radius 2 is 0.537 bits per heavy atom. The first-order valence-corrected chi connectivity index (χ1v) is 22.0. The maximum Gasteiger partial charge on any atom is 3.00 e. The van der Waals surface area contributed by atoms with Crippen molar-refractivity contribution in [2.45, 2.75) is 31.7 Å². The number of hydrogen-bond donors (Lipinski definition) is 0. The Kier molecular flexibility index (Phi) is 15.1. The molecule has 0 amide bonds. The zero-order valence-electron chi connectivity index (χ0n) is 31.1. The van der Waals surface area contributed by atoms with Crippen molar-refractivity contribution >= 4 is 41.7 Å². The minimum Gasteiger partial charge on any atom is -0.675 e. The average Bonchev–Trinajstić information content (AvgIpc) is 3.81. The smallest absolute Gasteiger partial charge is 0.675 e. The van der Waals surface area contributed by atoms with Crippen molar-refractivity contribution < 1.29 is 36.9 Å². The van der Waals surface area contributed by atoms with E-state index in [4.69, 9.17) is 10.6 Å². The first-order chi connectivity index (χ1) is 25.8. The molecule has 0 N–H and O–H groups in total. The van der Waals surface area contributed by atoms with Crippen LogP contribution < -0.4 is 0 Å². The summed E-state index contributed by atoms with van der Waals surface area (Å²) in [6.07, 6.45) is 9.02. The molecule has 0 aromatic heterocycles. The summed E-state index contributed by atoms with van der Waals surface area (Å²) in [6, 6.07) is 62.6. The summed E-state index contributed by atoms with van der Waals surface area (Å²) in [6.45, 7) is 10.6. The largest absolute Gasteiger partial charge is 3.00 e. The van der Waals surface area contributed by atoms with Crippen LogP contribution in [0.4, 0.5) is 11.4 Å². The SMILES string of the molecule is C1=C(c2ccccc2)C(c2ccccc2)=CC1[N-]c1ccccc1.C1=C(c2ccccc2)C(c2ccccc2)=CC1[N-]c1ccccc1.[CH2-][Si](C)(C)C.[Lu+3]. The molecule has 0 heterocycles. The molecule has 0 spiro atoms. The van der Waals surface area contributed by atoms with Gasteiger partial charge in [0.05, 0.1) is 0 Å². The van der Waals surface area contributed by atoms with Crippen molar-refractivity contribution in [3.63, 3.8) is 0 Å². The van der Waals surface area contributed by atoms with Crippen LogP contribution >= 0.6 is 0 Å². The molecule has 0 fully saturated rings. The Labute approximate surface area is 353 Å². The molecular weight excluding hydrogens is 832 g/mol. The Morgan fingerprint density at radius 3 is 0.741 bits per heavy atom. The molecule has 0 unspecified atom stereocenters. The maximum atomic E-state index is 4.86. The molecule has 8 rings (SSSR count). The van der Waals surface area contributed by atoms with Gasteiger partial charge in [-0.25, -0.2) is 0 Å². The number of allylic oxidation sites excluding steroid dienone is 4. The summed E-state index contributed by atoms with van der Waals surface area (Å²) in [5, 5.41) is 9.71. The van der Waals surface area contributed by atoms with Crippen molar-refractivity contribution in [3.8, 4) is 0 Å². The number of para-hydroxylation sites is 2. The molecule has 4 heteroatoms. The van der Waals surface area contributed by atoms with Gasteiger partial charge in [-0.2, -0.15) is 0 Å². The van der Waals surface area contributed by atoms with Crippen molar-refractivity contribution in [2.24, 2.45) is 0 Å². The van der Waals surface area contributed by atoms with Crippen LogP contribution in [-0.4, -0.2) is 20.2 Å². The van der Waals surface area contributed by atoms with E-state index in [0.717, 1.165) is 11.4 Å². The fraction of sp³-hybridized carbons (Fsp3) is 0.100. The van der Waals surface area contributed by atoms with E-state index in [1.54, 1.807) is 0 Å². The predicted molar refractivity (Wildman–Crippen MR) is 233 cm³/mol. The van der Waals surface area contributed by atoms with Crippen LogP contribution in [0.25, 0.3) is 32.9 Å². The summed E-state index contributed by atoms with van der Waals surface area (Å²) >= 11 is 0. The number of hydrogen-bond acceptors (Lipinski definition) is 0. The first kappa shape index (κ1) is 40.5. The van der Waals surface area contributed by atoms with E-state index in [1.165, 1.54) is 44.5 Å². The third-order valence-electron chi connectivity index (χ3n) is 8.38. The molecule has 0 radical (unpaired) electrons. The molecular formula is C50H47LuN2Si. The molecule has 54 heavy (non-hydrogen) atoms. The van der Waals surface area contributed by atoms with Crippen LogP contribution in [0.3, 0.4) is 0 Å². The maximum absolute atomic E-state index is 4.86. The van der Waals surface area contributed by atoms with Gasteiger partial charge in [0.15, 0.2) is 0 Å². The Hall–Kier alpha value is -4.67. The molecule has 0 bridgehead atoms. The normalized spacial score (nSPS) is 13.7. The molecule has 0 saturated carbocycles. The van der Waals surface area contributed by atoms with Gasteiger partial charge in [-0.05, 0) is 44.5 Å². The van der Waals surface area contributed by atoms with E-state index in [2.05, 4.69) is 172 Å². The van der Waals surface area contributed by atoms with Gasteiger partial charge in [-0.15, -0.1) is 19.4 Å². The Bertz CT molecular complexity index is 1870. The summed E-state index contributed by atoms with van der Waals surface area (Å²) in [4.78, 5) is 0. The van der Waals surface area contributed by atoms with Crippen molar-refractivity contribution in [2.75, 3.05) is 0 Å². The topological polar surface area (TPSA) is 28.2 Å². The third kappa shape index (κ3) is 12.2. The predicted octanol–water partition coefficient (Wildman–Crippen LogP) is 14.2. The van der Waals surface area contributed by atoms with Gasteiger partial charge in [0.25, 0.3) is 0 Å². The molecule has 2 nitrogen and oxygen atoms in total. The van der Waals surface area contributed by atoms with Crippen LogP contribution in [-0.2, 0) is 0 Å². The molecule has 6 aromatic carbocycles. The van der Waals surface area contributed by atoms with Gasteiger partial charge in [-0.1, -0.05) is 238 Å². The molecule has 0 saturated heterocycles. The average molecular weight is 879 g/mol. The standard InChI is InChI=1S/2C23H18N.C4H11Si.Lu/c2*1-4-10-18(11-5-1)22-16-21(24-20-14-8-3-9-15-20)17-23(22)19-12-6-2-7-13-19;1-5(2,3)4;/h2*1-17,21H;1H2,2-4H3;/q3*-1;+3. The number of rotatable bonds is 8. The van der Waals surface area contributed by atoms with Crippen LogP contribution in [0.5, 0.6) is 0 Å². The number of benzene rings is 6. The molecule has 276 valence electrons.